The molecule has 2 N–H and O–H groups in total. The molecule has 1 saturated heterocycles. The van der Waals surface area contributed by atoms with Crippen molar-refractivity contribution in [2.24, 2.45) is 0 Å². The van der Waals surface area contributed by atoms with E-state index >= 15 is 0 Å². The van der Waals surface area contributed by atoms with E-state index < -0.39 is 22.0 Å². The van der Waals surface area contributed by atoms with Gasteiger partial charge in [-0.05, 0) is 61.4 Å². The lowest BCUT2D eigenvalue weighted by molar-refractivity contribution is -0.119. The van der Waals surface area contributed by atoms with Crippen molar-refractivity contribution in [1.82, 2.24) is 4.31 Å². The first-order chi connectivity index (χ1) is 16.4. The van der Waals surface area contributed by atoms with Crippen molar-refractivity contribution >= 4 is 33.2 Å². The maximum absolute atomic E-state index is 13.0. The molecule has 1 atom stereocenters. The quantitative estimate of drug-likeness (QED) is 0.537. The Kier molecular flexibility index (Phi) is 6.95. The molecule has 176 valence electrons. The summed E-state index contributed by atoms with van der Waals surface area (Å²) in [5.41, 5.74) is 1.43. The normalized spacial score (nSPS) is 16.1. The number of ether oxygens (including phenoxy) is 1. The Morgan fingerprint density at radius 1 is 0.912 bits per heavy atom. The predicted octanol–water partition coefficient (Wildman–Crippen LogP) is 3.74. The summed E-state index contributed by atoms with van der Waals surface area (Å²) < 4.78 is 32.5. The molecule has 0 radical (unpaired) electrons. The monoisotopic (exact) mass is 479 g/mol. The van der Waals surface area contributed by atoms with E-state index in [9.17, 15) is 18.0 Å². The molecule has 4 rings (SSSR count). The molecule has 3 aromatic rings. The second-order valence-electron chi connectivity index (χ2n) is 7.81. The highest BCUT2D eigenvalue weighted by Crippen LogP contribution is 2.27. The maximum Gasteiger partial charge on any atom is 0.255 e. The van der Waals surface area contributed by atoms with Crippen LogP contribution in [0.4, 0.5) is 11.4 Å². The first-order valence-electron chi connectivity index (χ1n) is 10.8. The molecule has 8 nitrogen and oxygen atoms in total. The van der Waals surface area contributed by atoms with Gasteiger partial charge < -0.3 is 15.4 Å². The summed E-state index contributed by atoms with van der Waals surface area (Å²) in [5.74, 6) is -0.173. The number of para-hydroxylation sites is 2. The highest BCUT2D eigenvalue weighted by Gasteiger charge is 2.39. The minimum Gasteiger partial charge on any atom is -0.495 e. The molecule has 3 aromatic carbocycles. The van der Waals surface area contributed by atoms with E-state index in [1.54, 1.807) is 60.7 Å². The van der Waals surface area contributed by atoms with Crippen LogP contribution in [0.5, 0.6) is 5.75 Å². The standard InChI is InChI=1S/C25H25N3O5S/c1-33-23-12-6-5-10-21(23)27-24(29)18-13-15-19(16-14-18)26-25(30)22-11-7-17-28(22)34(31,32)20-8-3-2-4-9-20/h2-6,8-10,12-16,22H,7,11,17H2,1H3,(H,26,30)(H,27,29). The minimum atomic E-state index is -3.77. The highest BCUT2D eigenvalue weighted by atomic mass is 32.2. The molecule has 0 bridgehead atoms. The predicted molar refractivity (Wildman–Crippen MR) is 129 cm³/mol. The van der Waals surface area contributed by atoms with Gasteiger partial charge in [0.05, 0.1) is 17.7 Å². The molecule has 34 heavy (non-hydrogen) atoms. The number of rotatable bonds is 7. The van der Waals surface area contributed by atoms with Crippen molar-refractivity contribution in [3.8, 4) is 5.75 Å². The smallest absolute Gasteiger partial charge is 0.255 e. The van der Waals surface area contributed by atoms with Crippen LogP contribution in [0.2, 0.25) is 0 Å². The van der Waals surface area contributed by atoms with Gasteiger partial charge in [0, 0.05) is 17.8 Å². The Hall–Kier alpha value is -3.69. The second-order valence-corrected chi connectivity index (χ2v) is 9.70. The number of methoxy groups -OCH3 is 1. The fourth-order valence-corrected chi connectivity index (χ4v) is 5.57. The molecule has 1 aliphatic heterocycles. The van der Waals surface area contributed by atoms with Gasteiger partial charge in [-0.2, -0.15) is 4.31 Å². The van der Waals surface area contributed by atoms with Gasteiger partial charge in [0.1, 0.15) is 11.8 Å². The third kappa shape index (κ3) is 4.95. The number of benzene rings is 3. The number of carbonyl (C=O) groups is 2. The first-order valence-corrected chi connectivity index (χ1v) is 12.3. The van der Waals surface area contributed by atoms with Crippen LogP contribution < -0.4 is 15.4 Å². The Balaban J connectivity index is 1.43. The van der Waals surface area contributed by atoms with Gasteiger partial charge >= 0.3 is 0 Å². The molecule has 0 aromatic heterocycles. The average Bonchev–Trinajstić information content (AvgIpc) is 3.37. The number of carbonyl (C=O) groups excluding carboxylic acids is 2. The van der Waals surface area contributed by atoms with Crippen LogP contribution in [-0.4, -0.2) is 44.2 Å². The van der Waals surface area contributed by atoms with Crippen molar-refractivity contribution in [2.75, 3.05) is 24.3 Å². The molecule has 0 aliphatic carbocycles. The zero-order chi connectivity index (χ0) is 24.1. The van der Waals surface area contributed by atoms with E-state index in [-0.39, 0.29) is 17.3 Å². The van der Waals surface area contributed by atoms with Crippen molar-refractivity contribution < 1.29 is 22.7 Å². The van der Waals surface area contributed by atoms with Crippen LogP contribution in [0.1, 0.15) is 23.2 Å². The summed E-state index contributed by atoms with van der Waals surface area (Å²) in [6, 6.07) is 20.8. The molecule has 1 fully saturated rings. The van der Waals surface area contributed by atoms with Gasteiger partial charge in [0.2, 0.25) is 15.9 Å². The minimum absolute atomic E-state index is 0.167. The largest absolute Gasteiger partial charge is 0.495 e. The fraction of sp³-hybridized carbons (Fsp3) is 0.200. The van der Waals surface area contributed by atoms with Gasteiger partial charge in [-0.15, -0.1) is 0 Å². The fourth-order valence-electron chi connectivity index (χ4n) is 3.89. The molecular weight excluding hydrogens is 454 g/mol. The van der Waals surface area contributed by atoms with E-state index in [0.29, 0.717) is 35.5 Å². The van der Waals surface area contributed by atoms with Crippen molar-refractivity contribution in [3.05, 3.63) is 84.4 Å². The SMILES string of the molecule is COc1ccccc1NC(=O)c1ccc(NC(=O)C2CCCN2S(=O)(=O)c2ccccc2)cc1. The van der Waals surface area contributed by atoms with Crippen molar-refractivity contribution in [1.29, 1.82) is 0 Å². The van der Waals surface area contributed by atoms with Gasteiger partial charge in [0.15, 0.2) is 0 Å². The zero-order valence-corrected chi connectivity index (χ0v) is 19.4. The maximum atomic E-state index is 13.0. The molecule has 1 heterocycles. The van der Waals surface area contributed by atoms with E-state index in [2.05, 4.69) is 10.6 Å². The molecular formula is C25H25N3O5S. The number of sulfonamides is 1. The first kappa shape index (κ1) is 23.5. The number of nitrogens with one attached hydrogen (secondary N) is 2. The molecule has 0 saturated carbocycles. The van der Waals surface area contributed by atoms with Crippen LogP contribution >= 0.6 is 0 Å². The molecule has 1 aliphatic rings. The van der Waals surface area contributed by atoms with Crippen LogP contribution in [0.3, 0.4) is 0 Å². The lowest BCUT2D eigenvalue weighted by Gasteiger charge is -2.23. The molecule has 1 unspecified atom stereocenters. The van der Waals surface area contributed by atoms with E-state index in [0.717, 1.165) is 0 Å². The Morgan fingerprint density at radius 2 is 1.59 bits per heavy atom. The number of hydrogen-bond donors (Lipinski definition) is 2. The lowest BCUT2D eigenvalue weighted by atomic mass is 10.1. The lowest BCUT2D eigenvalue weighted by Crippen LogP contribution is -2.43. The molecule has 9 heteroatoms. The van der Waals surface area contributed by atoms with E-state index in [1.165, 1.54) is 23.5 Å². The Morgan fingerprint density at radius 3 is 2.29 bits per heavy atom. The van der Waals surface area contributed by atoms with E-state index in [1.807, 2.05) is 6.07 Å². The number of amides is 2. The third-order valence-corrected chi connectivity index (χ3v) is 7.55. The van der Waals surface area contributed by atoms with Crippen LogP contribution in [0.25, 0.3) is 0 Å². The van der Waals surface area contributed by atoms with Crippen molar-refractivity contribution in [2.45, 2.75) is 23.8 Å². The summed E-state index contributed by atoms with van der Waals surface area (Å²) in [4.78, 5) is 25.7. The van der Waals surface area contributed by atoms with Gasteiger partial charge in [-0.3, -0.25) is 9.59 Å². The summed E-state index contributed by atoms with van der Waals surface area (Å²) >= 11 is 0. The molecule has 2 amide bonds. The second kappa shape index (κ2) is 10.1. The summed E-state index contributed by atoms with van der Waals surface area (Å²) in [6.45, 7) is 0.289. The van der Waals surface area contributed by atoms with E-state index in [4.69, 9.17) is 4.74 Å². The Labute approximate surface area is 198 Å². The summed E-state index contributed by atoms with van der Waals surface area (Å²) in [5, 5.41) is 5.57. The van der Waals surface area contributed by atoms with Crippen LogP contribution in [0, 0.1) is 0 Å². The van der Waals surface area contributed by atoms with Gasteiger partial charge in [-0.1, -0.05) is 30.3 Å². The third-order valence-electron chi connectivity index (χ3n) is 5.63. The summed E-state index contributed by atoms with van der Waals surface area (Å²) in [7, 11) is -2.24. The average molecular weight is 480 g/mol. The Bertz CT molecular complexity index is 1280. The number of nitrogens with zero attached hydrogens (tertiary/aromatic N) is 1. The van der Waals surface area contributed by atoms with Crippen LogP contribution in [-0.2, 0) is 14.8 Å². The van der Waals surface area contributed by atoms with Crippen LogP contribution in [0.15, 0.2) is 83.8 Å². The number of anilines is 2. The number of hydrogen-bond acceptors (Lipinski definition) is 5. The van der Waals surface area contributed by atoms with Gasteiger partial charge in [0.25, 0.3) is 5.91 Å². The highest BCUT2D eigenvalue weighted by molar-refractivity contribution is 7.89. The zero-order valence-electron chi connectivity index (χ0n) is 18.6. The molecule has 0 spiro atoms. The topological polar surface area (TPSA) is 105 Å². The summed E-state index contributed by atoms with van der Waals surface area (Å²) in [6.07, 6.45) is 1.05. The van der Waals surface area contributed by atoms with Crippen molar-refractivity contribution in [3.63, 3.8) is 0 Å². The van der Waals surface area contributed by atoms with Gasteiger partial charge in [-0.25, -0.2) is 8.42 Å².